The predicted octanol–water partition coefficient (Wildman–Crippen LogP) is 4.12. The maximum absolute atomic E-state index is 13.6. The van der Waals surface area contributed by atoms with Crippen LogP contribution >= 0.6 is 0 Å². The molecule has 0 bridgehead atoms. The molecule has 32 heavy (non-hydrogen) atoms. The minimum Gasteiger partial charge on any atom is -0.484 e. The number of nitrogens with zero attached hydrogens (tertiary/aromatic N) is 1. The van der Waals surface area contributed by atoms with E-state index in [4.69, 9.17) is 4.74 Å². The van der Waals surface area contributed by atoms with E-state index in [1.165, 1.54) is 34.6 Å². The molecule has 9 heteroatoms. The van der Waals surface area contributed by atoms with E-state index in [-0.39, 0.29) is 10.6 Å². The number of carbonyl (C=O) groups excluding carboxylic acids is 1. The second kappa shape index (κ2) is 8.96. The smallest absolute Gasteiger partial charge is 0.264 e. The number of rotatable bonds is 6. The normalized spacial score (nSPS) is 13.4. The number of benzene rings is 3. The second-order valence-electron chi connectivity index (χ2n) is 7.21. The summed E-state index contributed by atoms with van der Waals surface area (Å²) in [5.41, 5.74) is 1.11. The van der Waals surface area contributed by atoms with Crippen molar-refractivity contribution in [2.24, 2.45) is 0 Å². The fourth-order valence-electron chi connectivity index (χ4n) is 3.53. The van der Waals surface area contributed by atoms with Crippen LogP contribution in [0.4, 0.5) is 20.2 Å². The summed E-state index contributed by atoms with van der Waals surface area (Å²) in [6.07, 6.45) is 1.56. The fraction of sp³-hybridized carbons (Fsp3) is 0.174. The van der Waals surface area contributed by atoms with Crippen LogP contribution in [-0.2, 0) is 21.2 Å². The van der Waals surface area contributed by atoms with E-state index in [9.17, 15) is 22.0 Å². The van der Waals surface area contributed by atoms with Crippen molar-refractivity contribution in [3.8, 4) is 5.75 Å². The zero-order chi connectivity index (χ0) is 22.7. The van der Waals surface area contributed by atoms with Crippen LogP contribution in [0.5, 0.6) is 5.75 Å². The monoisotopic (exact) mass is 458 g/mol. The quantitative estimate of drug-likeness (QED) is 0.603. The predicted molar refractivity (Wildman–Crippen MR) is 116 cm³/mol. The summed E-state index contributed by atoms with van der Waals surface area (Å²) < 4.78 is 60.3. The van der Waals surface area contributed by atoms with Crippen molar-refractivity contribution in [3.63, 3.8) is 0 Å². The van der Waals surface area contributed by atoms with Gasteiger partial charge in [-0.1, -0.05) is 24.3 Å². The Hall–Kier alpha value is -3.46. The number of amides is 1. The average Bonchev–Trinajstić information content (AvgIpc) is 2.80. The number of aryl methyl sites for hydroxylation is 1. The number of sulfonamides is 1. The summed E-state index contributed by atoms with van der Waals surface area (Å²) in [5, 5.41) is 2.12. The van der Waals surface area contributed by atoms with E-state index in [1.54, 1.807) is 6.07 Å². The molecule has 1 heterocycles. The molecule has 0 aromatic heterocycles. The van der Waals surface area contributed by atoms with Crippen LogP contribution in [0.2, 0.25) is 0 Å². The number of para-hydroxylation sites is 2. The highest BCUT2D eigenvalue weighted by Gasteiger charge is 2.28. The van der Waals surface area contributed by atoms with Gasteiger partial charge >= 0.3 is 0 Å². The van der Waals surface area contributed by atoms with Gasteiger partial charge in [0.25, 0.3) is 15.9 Å². The molecular formula is C23H20F2N2O4S. The number of hydrogen-bond donors (Lipinski definition) is 1. The van der Waals surface area contributed by atoms with Crippen LogP contribution in [0.25, 0.3) is 0 Å². The molecule has 0 spiro atoms. The maximum Gasteiger partial charge on any atom is 0.264 e. The number of anilines is 2. The number of carbonyl (C=O) groups is 1. The molecule has 3 aromatic rings. The lowest BCUT2D eigenvalue weighted by molar-refractivity contribution is -0.118. The second-order valence-corrected chi connectivity index (χ2v) is 9.08. The Balaban J connectivity index is 1.43. The number of nitrogens with one attached hydrogen (secondary N) is 1. The van der Waals surface area contributed by atoms with Crippen LogP contribution in [-0.4, -0.2) is 27.5 Å². The number of halogens is 2. The van der Waals surface area contributed by atoms with Crippen LogP contribution in [0, 0.1) is 11.6 Å². The third-order valence-corrected chi connectivity index (χ3v) is 6.90. The minimum atomic E-state index is -3.76. The van der Waals surface area contributed by atoms with Crippen LogP contribution in [0.1, 0.15) is 12.0 Å². The van der Waals surface area contributed by atoms with E-state index in [2.05, 4.69) is 5.32 Å². The highest BCUT2D eigenvalue weighted by Crippen LogP contribution is 2.32. The molecule has 1 aliphatic heterocycles. The van der Waals surface area contributed by atoms with Gasteiger partial charge in [-0.2, -0.15) is 0 Å². The van der Waals surface area contributed by atoms with E-state index in [1.807, 2.05) is 18.2 Å². The van der Waals surface area contributed by atoms with E-state index in [0.29, 0.717) is 12.2 Å². The first-order chi connectivity index (χ1) is 15.4. The summed E-state index contributed by atoms with van der Waals surface area (Å²) in [5.74, 6) is -2.30. The molecule has 0 saturated carbocycles. The lowest BCUT2D eigenvalue weighted by atomic mass is 10.0. The van der Waals surface area contributed by atoms with Crippen molar-refractivity contribution < 1.29 is 26.7 Å². The van der Waals surface area contributed by atoms with Gasteiger partial charge in [0.2, 0.25) is 0 Å². The van der Waals surface area contributed by atoms with E-state index >= 15 is 0 Å². The Labute approximate surface area is 184 Å². The van der Waals surface area contributed by atoms with Crippen LogP contribution < -0.4 is 14.4 Å². The third kappa shape index (κ3) is 4.43. The average molecular weight is 458 g/mol. The van der Waals surface area contributed by atoms with Gasteiger partial charge in [0.1, 0.15) is 23.1 Å². The summed E-state index contributed by atoms with van der Waals surface area (Å²) in [6, 6.07) is 16.3. The highest BCUT2D eigenvalue weighted by molar-refractivity contribution is 7.92. The topological polar surface area (TPSA) is 75.7 Å². The van der Waals surface area contributed by atoms with Gasteiger partial charge in [-0.25, -0.2) is 17.2 Å². The van der Waals surface area contributed by atoms with Crippen LogP contribution in [0.15, 0.2) is 71.6 Å². The zero-order valence-electron chi connectivity index (χ0n) is 16.9. The molecule has 1 amide bonds. The lowest BCUT2D eigenvalue weighted by Crippen LogP contribution is -2.35. The molecule has 4 rings (SSSR count). The molecule has 0 radical (unpaired) electrons. The van der Waals surface area contributed by atoms with Crippen molar-refractivity contribution >= 4 is 27.3 Å². The van der Waals surface area contributed by atoms with Crippen LogP contribution in [0.3, 0.4) is 0 Å². The molecule has 0 atom stereocenters. The van der Waals surface area contributed by atoms with E-state index < -0.39 is 39.9 Å². The van der Waals surface area contributed by atoms with Gasteiger partial charge in [0, 0.05) is 6.54 Å². The van der Waals surface area contributed by atoms with Crippen molar-refractivity contribution in [3.05, 3.63) is 83.9 Å². The summed E-state index contributed by atoms with van der Waals surface area (Å²) in [4.78, 5) is 12.1. The van der Waals surface area contributed by atoms with Gasteiger partial charge in [-0.05, 0) is 60.9 Å². The molecule has 0 fully saturated rings. The van der Waals surface area contributed by atoms with Gasteiger partial charge < -0.3 is 10.1 Å². The molecule has 1 aliphatic rings. The van der Waals surface area contributed by atoms with Crippen molar-refractivity contribution in [1.82, 2.24) is 0 Å². The van der Waals surface area contributed by atoms with Crippen molar-refractivity contribution in [1.29, 1.82) is 0 Å². The Morgan fingerprint density at radius 3 is 2.38 bits per heavy atom. The summed E-state index contributed by atoms with van der Waals surface area (Å²) in [6.45, 7) is -0.107. The standard InChI is InChI=1S/C23H20F2N2O4S/c24-19-7-3-8-20(25)23(19)26-22(28)15-31-17-10-12-18(13-11-17)32(29,30)27-14-4-6-16-5-1-2-9-21(16)27/h1-3,5,7-13H,4,6,14-15H2,(H,26,28). The molecule has 1 N–H and O–H groups in total. The molecule has 3 aromatic carbocycles. The molecule has 0 unspecified atom stereocenters. The summed E-state index contributed by atoms with van der Waals surface area (Å²) in [7, 11) is -3.76. The SMILES string of the molecule is O=C(COc1ccc(S(=O)(=O)N2CCCc3ccccc32)cc1)Nc1c(F)cccc1F. The van der Waals surface area contributed by atoms with Gasteiger partial charge in [-0.3, -0.25) is 9.10 Å². The van der Waals surface area contributed by atoms with Gasteiger partial charge in [-0.15, -0.1) is 0 Å². The first-order valence-corrected chi connectivity index (χ1v) is 11.4. The molecule has 0 saturated heterocycles. The largest absolute Gasteiger partial charge is 0.484 e. The first kappa shape index (κ1) is 21.8. The Morgan fingerprint density at radius 1 is 0.969 bits per heavy atom. The maximum atomic E-state index is 13.6. The lowest BCUT2D eigenvalue weighted by Gasteiger charge is -2.30. The fourth-order valence-corrected chi connectivity index (χ4v) is 5.07. The van der Waals surface area contributed by atoms with Crippen molar-refractivity contribution in [2.75, 3.05) is 22.8 Å². The number of hydrogen-bond acceptors (Lipinski definition) is 4. The number of fused-ring (bicyclic) bond motifs is 1. The molecule has 0 aliphatic carbocycles. The Bertz CT molecular complexity index is 1230. The van der Waals surface area contributed by atoms with Gasteiger partial charge in [0.15, 0.2) is 6.61 Å². The van der Waals surface area contributed by atoms with Gasteiger partial charge in [0.05, 0.1) is 10.6 Å². The third-order valence-electron chi connectivity index (χ3n) is 5.08. The molecular weight excluding hydrogens is 438 g/mol. The van der Waals surface area contributed by atoms with Crippen molar-refractivity contribution in [2.45, 2.75) is 17.7 Å². The molecule has 6 nitrogen and oxygen atoms in total. The minimum absolute atomic E-state index is 0.0967. The Kier molecular flexibility index (Phi) is 6.09. The zero-order valence-corrected chi connectivity index (χ0v) is 17.7. The number of ether oxygens (including phenoxy) is 1. The first-order valence-electron chi connectivity index (χ1n) is 9.93. The van der Waals surface area contributed by atoms with E-state index in [0.717, 1.165) is 30.5 Å². The molecule has 166 valence electrons. The summed E-state index contributed by atoms with van der Waals surface area (Å²) >= 11 is 0. The Morgan fingerprint density at radius 2 is 1.66 bits per heavy atom. The highest BCUT2D eigenvalue weighted by atomic mass is 32.2.